The summed E-state index contributed by atoms with van der Waals surface area (Å²) in [7, 11) is 0. The van der Waals surface area contributed by atoms with Gasteiger partial charge in [-0.1, -0.05) is 23.7 Å². The first-order valence-corrected chi connectivity index (χ1v) is 8.40. The van der Waals surface area contributed by atoms with Crippen LogP contribution in [-0.4, -0.2) is 54.1 Å². The normalized spacial score (nSPS) is 17.7. The molecule has 0 spiro atoms. The van der Waals surface area contributed by atoms with Gasteiger partial charge in [-0.05, 0) is 31.9 Å². The molecule has 2 rings (SSSR count). The van der Waals surface area contributed by atoms with Crippen LogP contribution in [0, 0.1) is 0 Å². The maximum atomic E-state index is 12.6. The Morgan fingerprint density at radius 1 is 1.36 bits per heavy atom. The number of hydrogen-bond acceptors (Lipinski definition) is 4. The van der Waals surface area contributed by atoms with Crippen LogP contribution in [0.5, 0.6) is 0 Å². The van der Waals surface area contributed by atoms with E-state index in [0.717, 1.165) is 0 Å². The van der Waals surface area contributed by atoms with E-state index in [9.17, 15) is 19.2 Å². The second-order valence-electron chi connectivity index (χ2n) is 5.78. The van der Waals surface area contributed by atoms with Gasteiger partial charge in [0.2, 0.25) is 11.8 Å². The topological polar surface area (TPSA) is 95.6 Å². The first-order valence-electron chi connectivity index (χ1n) is 8.03. The smallest absolute Gasteiger partial charge is 0.253 e. The fourth-order valence-electron chi connectivity index (χ4n) is 2.79. The maximum absolute atomic E-state index is 12.6. The molecule has 1 aliphatic heterocycles. The zero-order chi connectivity index (χ0) is 18.4. The third-order valence-corrected chi connectivity index (χ3v) is 4.36. The van der Waals surface area contributed by atoms with Gasteiger partial charge in [0.1, 0.15) is 18.4 Å². The van der Waals surface area contributed by atoms with Gasteiger partial charge in [-0.15, -0.1) is 0 Å². The molecule has 2 N–H and O–H groups in total. The predicted molar refractivity (Wildman–Crippen MR) is 92.2 cm³/mol. The first kappa shape index (κ1) is 18.9. The number of aldehydes is 1. The van der Waals surface area contributed by atoms with Crippen LogP contribution in [0.1, 0.15) is 30.1 Å². The molecule has 0 radical (unpaired) electrons. The molecule has 0 saturated carbocycles. The Labute approximate surface area is 150 Å². The van der Waals surface area contributed by atoms with Gasteiger partial charge in [0, 0.05) is 6.54 Å². The summed E-state index contributed by atoms with van der Waals surface area (Å²) in [6.45, 7) is 1.91. The van der Waals surface area contributed by atoms with Gasteiger partial charge < -0.3 is 20.3 Å². The molecule has 0 aliphatic carbocycles. The summed E-state index contributed by atoms with van der Waals surface area (Å²) in [5.41, 5.74) is 0.283. The standard InChI is InChI=1S/C17H20ClN3O4/c1-11(20-15(23)12-5-2-3-6-13(12)18)17(25)21-9-4-7-14(21)16(24)19-8-10-22/h2-3,5-6,10-11,14H,4,7-9H2,1H3,(H,19,24)(H,20,23)/t11-,14-/m0/s1. The molecular weight excluding hydrogens is 346 g/mol. The van der Waals surface area contributed by atoms with E-state index in [-0.39, 0.29) is 23.9 Å². The van der Waals surface area contributed by atoms with E-state index < -0.39 is 18.0 Å². The Bertz CT molecular complexity index is 680. The van der Waals surface area contributed by atoms with Gasteiger partial charge in [-0.25, -0.2) is 0 Å². The summed E-state index contributed by atoms with van der Waals surface area (Å²) in [5.74, 6) is -1.15. The first-order chi connectivity index (χ1) is 12.0. The number of nitrogens with zero attached hydrogens (tertiary/aromatic N) is 1. The highest BCUT2D eigenvalue weighted by molar-refractivity contribution is 6.33. The Balaban J connectivity index is 2.01. The number of rotatable bonds is 6. The summed E-state index contributed by atoms with van der Waals surface area (Å²) in [4.78, 5) is 48.8. The van der Waals surface area contributed by atoms with Gasteiger partial charge in [0.05, 0.1) is 17.1 Å². The minimum Gasteiger partial charge on any atom is -0.348 e. The van der Waals surface area contributed by atoms with Crippen molar-refractivity contribution in [3.05, 3.63) is 34.9 Å². The number of likely N-dealkylation sites (tertiary alicyclic amines) is 1. The zero-order valence-electron chi connectivity index (χ0n) is 13.8. The molecule has 0 bridgehead atoms. The Morgan fingerprint density at radius 2 is 2.08 bits per heavy atom. The van der Waals surface area contributed by atoms with Crippen molar-refractivity contribution in [1.82, 2.24) is 15.5 Å². The summed E-state index contributed by atoms with van der Waals surface area (Å²) in [6.07, 6.45) is 1.81. The van der Waals surface area contributed by atoms with Crippen molar-refractivity contribution in [2.45, 2.75) is 31.8 Å². The van der Waals surface area contributed by atoms with E-state index in [1.165, 1.54) is 4.90 Å². The molecule has 0 unspecified atom stereocenters. The Hall–Kier alpha value is -2.41. The lowest BCUT2D eigenvalue weighted by molar-refractivity contribution is -0.139. The van der Waals surface area contributed by atoms with Gasteiger partial charge in [0.25, 0.3) is 5.91 Å². The monoisotopic (exact) mass is 365 g/mol. The highest BCUT2D eigenvalue weighted by Crippen LogP contribution is 2.19. The van der Waals surface area contributed by atoms with Gasteiger partial charge in [-0.3, -0.25) is 14.4 Å². The van der Waals surface area contributed by atoms with Crippen molar-refractivity contribution in [2.24, 2.45) is 0 Å². The minimum atomic E-state index is -0.803. The molecule has 2 atom stereocenters. The van der Waals surface area contributed by atoms with Crippen LogP contribution in [0.15, 0.2) is 24.3 Å². The maximum Gasteiger partial charge on any atom is 0.253 e. The molecule has 1 saturated heterocycles. The number of halogens is 1. The highest BCUT2D eigenvalue weighted by Gasteiger charge is 2.36. The molecular formula is C17H20ClN3O4. The quantitative estimate of drug-likeness (QED) is 0.728. The number of carbonyl (C=O) groups is 4. The summed E-state index contributed by atoms with van der Waals surface area (Å²) in [6, 6.07) is 5.13. The fraction of sp³-hybridized carbons (Fsp3) is 0.412. The Morgan fingerprint density at radius 3 is 2.76 bits per heavy atom. The van der Waals surface area contributed by atoms with Crippen LogP contribution < -0.4 is 10.6 Å². The van der Waals surface area contributed by atoms with Crippen LogP contribution in [0.25, 0.3) is 0 Å². The van der Waals surface area contributed by atoms with E-state index in [1.807, 2.05) is 0 Å². The van der Waals surface area contributed by atoms with Crippen molar-refractivity contribution in [1.29, 1.82) is 0 Å². The SMILES string of the molecule is C[C@H](NC(=O)c1ccccc1Cl)C(=O)N1CCC[C@H]1C(=O)NCC=O. The van der Waals surface area contributed by atoms with E-state index in [4.69, 9.17) is 11.6 Å². The van der Waals surface area contributed by atoms with E-state index in [2.05, 4.69) is 10.6 Å². The number of hydrogen-bond donors (Lipinski definition) is 2. The molecule has 1 heterocycles. The zero-order valence-corrected chi connectivity index (χ0v) is 14.6. The largest absolute Gasteiger partial charge is 0.348 e. The molecule has 0 aromatic heterocycles. The van der Waals surface area contributed by atoms with Crippen LogP contribution in [0.2, 0.25) is 5.02 Å². The molecule has 1 fully saturated rings. The minimum absolute atomic E-state index is 0.0871. The van der Waals surface area contributed by atoms with Crippen LogP contribution in [-0.2, 0) is 14.4 Å². The third kappa shape index (κ3) is 4.57. The summed E-state index contributed by atoms with van der Waals surface area (Å²) >= 11 is 5.98. The Kier molecular flexibility index (Phi) is 6.52. The van der Waals surface area contributed by atoms with E-state index in [1.54, 1.807) is 31.2 Å². The lowest BCUT2D eigenvalue weighted by atomic mass is 10.1. The van der Waals surface area contributed by atoms with Crippen LogP contribution in [0.3, 0.4) is 0 Å². The summed E-state index contributed by atoms with van der Waals surface area (Å²) < 4.78 is 0. The lowest BCUT2D eigenvalue weighted by Crippen LogP contribution is -2.52. The highest BCUT2D eigenvalue weighted by atomic mass is 35.5. The van der Waals surface area contributed by atoms with Crippen molar-refractivity contribution in [3.8, 4) is 0 Å². The van der Waals surface area contributed by atoms with Crippen molar-refractivity contribution in [3.63, 3.8) is 0 Å². The van der Waals surface area contributed by atoms with Gasteiger partial charge >= 0.3 is 0 Å². The van der Waals surface area contributed by atoms with Crippen LogP contribution >= 0.6 is 11.6 Å². The summed E-state index contributed by atoms with van der Waals surface area (Å²) in [5, 5.41) is 5.38. The van der Waals surface area contributed by atoms with Crippen LogP contribution in [0.4, 0.5) is 0 Å². The molecule has 1 aliphatic rings. The molecule has 1 aromatic carbocycles. The molecule has 8 heteroatoms. The number of amides is 3. The van der Waals surface area contributed by atoms with Gasteiger partial charge in [-0.2, -0.15) is 0 Å². The van der Waals surface area contributed by atoms with E-state index >= 15 is 0 Å². The predicted octanol–water partition coefficient (Wildman–Crippen LogP) is 0.764. The lowest BCUT2D eigenvalue weighted by Gasteiger charge is -2.27. The van der Waals surface area contributed by atoms with Crippen molar-refractivity contribution >= 4 is 35.6 Å². The third-order valence-electron chi connectivity index (χ3n) is 4.03. The second-order valence-corrected chi connectivity index (χ2v) is 6.18. The van der Waals surface area contributed by atoms with Gasteiger partial charge in [0.15, 0.2) is 0 Å². The second kappa shape index (κ2) is 8.62. The fourth-order valence-corrected chi connectivity index (χ4v) is 3.01. The number of carbonyl (C=O) groups excluding carboxylic acids is 4. The van der Waals surface area contributed by atoms with Crippen molar-refractivity contribution in [2.75, 3.05) is 13.1 Å². The molecule has 134 valence electrons. The molecule has 25 heavy (non-hydrogen) atoms. The van der Waals surface area contributed by atoms with E-state index in [0.29, 0.717) is 30.7 Å². The van der Waals surface area contributed by atoms with Crippen molar-refractivity contribution < 1.29 is 19.2 Å². The molecule has 1 aromatic rings. The average Bonchev–Trinajstić information content (AvgIpc) is 3.08. The molecule has 7 nitrogen and oxygen atoms in total. The number of benzene rings is 1. The number of nitrogens with one attached hydrogen (secondary N) is 2. The average molecular weight is 366 g/mol. The molecule has 3 amide bonds.